The average molecular weight is 306 g/mol. The molecule has 1 aliphatic carbocycles. The topological polar surface area (TPSA) is 70.6 Å². The van der Waals surface area contributed by atoms with Crippen molar-refractivity contribution in [1.82, 2.24) is 10.6 Å². The molecule has 0 aromatic heterocycles. The van der Waals surface area contributed by atoms with Gasteiger partial charge in [0.05, 0.1) is 12.1 Å². The van der Waals surface area contributed by atoms with Gasteiger partial charge in [0.25, 0.3) is 0 Å². The third-order valence-corrected chi connectivity index (χ3v) is 3.90. The van der Waals surface area contributed by atoms with Crippen molar-refractivity contribution < 1.29 is 14.6 Å². The molecule has 1 fully saturated rings. The lowest BCUT2D eigenvalue weighted by atomic mass is 9.93. The highest BCUT2D eigenvalue weighted by Crippen LogP contribution is 2.18. The molecule has 1 atom stereocenters. The molecule has 1 aliphatic rings. The fourth-order valence-electron chi connectivity index (χ4n) is 2.64. The Morgan fingerprint density at radius 2 is 2.09 bits per heavy atom. The SMILES string of the molecule is Cc1cccc(OCC(C)NC(=O)NC2CCC(O)CC2)c1. The van der Waals surface area contributed by atoms with E-state index in [9.17, 15) is 9.90 Å². The Balaban J connectivity index is 1.67. The average Bonchev–Trinajstić information content (AvgIpc) is 2.47. The smallest absolute Gasteiger partial charge is 0.315 e. The maximum absolute atomic E-state index is 11.9. The lowest BCUT2D eigenvalue weighted by molar-refractivity contribution is 0.117. The predicted molar refractivity (Wildman–Crippen MR) is 86.1 cm³/mol. The van der Waals surface area contributed by atoms with Crippen molar-refractivity contribution in [2.75, 3.05) is 6.61 Å². The summed E-state index contributed by atoms with van der Waals surface area (Å²) in [5.74, 6) is 0.815. The molecule has 0 heterocycles. The number of nitrogens with one attached hydrogen (secondary N) is 2. The summed E-state index contributed by atoms with van der Waals surface area (Å²) in [7, 11) is 0. The van der Waals surface area contributed by atoms with Crippen LogP contribution in [-0.4, -0.2) is 35.9 Å². The predicted octanol–water partition coefficient (Wildman–Crippen LogP) is 2.37. The molecule has 0 radical (unpaired) electrons. The van der Waals surface area contributed by atoms with Gasteiger partial charge in [-0.15, -0.1) is 0 Å². The van der Waals surface area contributed by atoms with E-state index in [4.69, 9.17) is 4.74 Å². The number of urea groups is 1. The molecule has 1 aromatic carbocycles. The van der Waals surface area contributed by atoms with Crippen molar-refractivity contribution in [1.29, 1.82) is 0 Å². The van der Waals surface area contributed by atoms with Crippen molar-refractivity contribution >= 4 is 6.03 Å². The first-order valence-electron chi connectivity index (χ1n) is 7.97. The highest BCUT2D eigenvalue weighted by atomic mass is 16.5. The molecule has 0 spiro atoms. The van der Waals surface area contributed by atoms with Crippen LogP contribution in [0.1, 0.15) is 38.2 Å². The second-order valence-corrected chi connectivity index (χ2v) is 6.15. The molecule has 1 saturated carbocycles. The molecule has 1 unspecified atom stereocenters. The highest BCUT2D eigenvalue weighted by molar-refractivity contribution is 5.74. The van der Waals surface area contributed by atoms with Gasteiger partial charge in [0.2, 0.25) is 0 Å². The zero-order valence-corrected chi connectivity index (χ0v) is 13.3. The maximum atomic E-state index is 11.9. The van der Waals surface area contributed by atoms with Gasteiger partial charge in [-0.05, 0) is 57.2 Å². The second kappa shape index (κ2) is 8.03. The number of ether oxygens (including phenoxy) is 1. The zero-order valence-electron chi connectivity index (χ0n) is 13.3. The van der Waals surface area contributed by atoms with Gasteiger partial charge in [0.1, 0.15) is 12.4 Å². The van der Waals surface area contributed by atoms with E-state index in [1.165, 1.54) is 0 Å². The van der Waals surface area contributed by atoms with Crippen LogP contribution in [0, 0.1) is 6.92 Å². The summed E-state index contributed by atoms with van der Waals surface area (Å²) in [4.78, 5) is 11.9. The van der Waals surface area contributed by atoms with Crippen LogP contribution in [-0.2, 0) is 0 Å². The van der Waals surface area contributed by atoms with E-state index in [2.05, 4.69) is 10.6 Å². The lowest BCUT2D eigenvalue weighted by Gasteiger charge is -2.27. The molecule has 1 aromatic rings. The van der Waals surface area contributed by atoms with Crippen molar-refractivity contribution in [3.05, 3.63) is 29.8 Å². The molecule has 5 heteroatoms. The molecule has 22 heavy (non-hydrogen) atoms. The third kappa shape index (κ3) is 5.56. The van der Waals surface area contributed by atoms with Crippen molar-refractivity contribution in [2.24, 2.45) is 0 Å². The molecule has 122 valence electrons. The van der Waals surface area contributed by atoms with Crippen molar-refractivity contribution in [2.45, 2.75) is 57.7 Å². The second-order valence-electron chi connectivity index (χ2n) is 6.15. The number of aryl methyl sites for hydroxylation is 1. The number of aliphatic hydroxyl groups is 1. The molecular weight excluding hydrogens is 280 g/mol. The summed E-state index contributed by atoms with van der Waals surface area (Å²) in [6.07, 6.45) is 2.99. The molecule has 3 N–H and O–H groups in total. The number of rotatable bonds is 5. The number of hydrogen-bond acceptors (Lipinski definition) is 3. The van der Waals surface area contributed by atoms with Crippen LogP contribution in [0.2, 0.25) is 0 Å². The summed E-state index contributed by atoms with van der Waals surface area (Å²) in [5, 5.41) is 15.3. The molecule has 2 amide bonds. The first kappa shape index (κ1) is 16.6. The van der Waals surface area contributed by atoms with Gasteiger partial charge in [-0.3, -0.25) is 0 Å². The van der Waals surface area contributed by atoms with E-state index in [0.717, 1.165) is 37.0 Å². The van der Waals surface area contributed by atoms with Crippen molar-refractivity contribution in [3.8, 4) is 5.75 Å². The van der Waals surface area contributed by atoms with Gasteiger partial charge < -0.3 is 20.5 Å². The minimum Gasteiger partial charge on any atom is -0.491 e. The Hall–Kier alpha value is -1.75. The van der Waals surface area contributed by atoms with Crippen LogP contribution in [0.15, 0.2) is 24.3 Å². The number of benzene rings is 1. The van der Waals surface area contributed by atoms with E-state index < -0.39 is 0 Å². The van der Waals surface area contributed by atoms with E-state index in [1.54, 1.807) is 0 Å². The zero-order chi connectivity index (χ0) is 15.9. The Morgan fingerprint density at radius 3 is 2.77 bits per heavy atom. The molecular formula is C17H26N2O3. The molecule has 5 nitrogen and oxygen atoms in total. The van der Waals surface area contributed by atoms with Gasteiger partial charge in [0.15, 0.2) is 0 Å². The fourth-order valence-corrected chi connectivity index (χ4v) is 2.64. The first-order valence-corrected chi connectivity index (χ1v) is 7.97. The maximum Gasteiger partial charge on any atom is 0.315 e. The number of aliphatic hydroxyl groups excluding tert-OH is 1. The minimum absolute atomic E-state index is 0.0744. The normalized spacial score (nSPS) is 22.7. The fraction of sp³-hybridized carbons (Fsp3) is 0.588. The molecule has 0 aliphatic heterocycles. The van der Waals surface area contributed by atoms with Crippen LogP contribution in [0.3, 0.4) is 0 Å². The van der Waals surface area contributed by atoms with E-state index in [-0.39, 0.29) is 24.2 Å². The van der Waals surface area contributed by atoms with Gasteiger partial charge in [0, 0.05) is 6.04 Å². The Labute approximate surface area is 132 Å². The summed E-state index contributed by atoms with van der Waals surface area (Å²) in [5.41, 5.74) is 1.15. The van der Waals surface area contributed by atoms with E-state index >= 15 is 0 Å². The molecule has 0 saturated heterocycles. The lowest BCUT2D eigenvalue weighted by Crippen LogP contribution is -2.48. The number of hydrogen-bond donors (Lipinski definition) is 3. The number of amides is 2. The van der Waals surface area contributed by atoms with Crippen molar-refractivity contribution in [3.63, 3.8) is 0 Å². The van der Waals surface area contributed by atoms with Crippen LogP contribution in [0.25, 0.3) is 0 Å². The summed E-state index contributed by atoms with van der Waals surface area (Å²) >= 11 is 0. The summed E-state index contributed by atoms with van der Waals surface area (Å²) < 4.78 is 5.68. The Bertz CT molecular complexity index is 485. The highest BCUT2D eigenvalue weighted by Gasteiger charge is 2.21. The van der Waals surface area contributed by atoms with Crippen LogP contribution in [0.4, 0.5) is 4.79 Å². The molecule has 0 bridgehead atoms. The van der Waals surface area contributed by atoms with Crippen LogP contribution in [0.5, 0.6) is 5.75 Å². The first-order chi connectivity index (χ1) is 10.5. The largest absolute Gasteiger partial charge is 0.491 e. The van der Waals surface area contributed by atoms with Gasteiger partial charge in [-0.25, -0.2) is 4.79 Å². The summed E-state index contributed by atoms with van der Waals surface area (Å²) in [6, 6.07) is 7.77. The Morgan fingerprint density at radius 1 is 1.36 bits per heavy atom. The molecule has 2 rings (SSSR count). The van der Waals surface area contributed by atoms with E-state index in [1.807, 2.05) is 38.1 Å². The summed E-state index contributed by atoms with van der Waals surface area (Å²) in [6.45, 7) is 4.36. The van der Waals surface area contributed by atoms with Gasteiger partial charge in [-0.2, -0.15) is 0 Å². The van der Waals surface area contributed by atoms with Crippen LogP contribution < -0.4 is 15.4 Å². The van der Waals surface area contributed by atoms with Gasteiger partial charge in [-0.1, -0.05) is 12.1 Å². The third-order valence-electron chi connectivity index (χ3n) is 3.90. The standard InChI is InChI=1S/C17H26N2O3/c1-12-4-3-5-16(10-12)22-11-13(2)18-17(21)19-14-6-8-15(20)9-7-14/h3-5,10,13-15,20H,6-9,11H2,1-2H3,(H2,18,19,21). The minimum atomic E-state index is -0.206. The van der Waals surface area contributed by atoms with Crippen LogP contribution >= 0.6 is 0 Å². The van der Waals surface area contributed by atoms with Gasteiger partial charge >= 0.3 is 6.03 Å². The number of carbonyl (C=O) groups excluding carboxylic acids is 1. The number of carbonyl (C=O) groups is 1. The monoisotopic (exact) mass is 306 g/mol. The Kier molecular flexibility index (Phi) is 6.07. The quantitative estimate of drug-likeness (QED) is 0.782. The van der Waals surface area contributed by atoms with E-state index in [0.29, 0.717) is 6.61 Å².